The van der Waals surface area contributed by atoms with Crippen molar-refractivity contribution in [1.29, 1.82) is 0 Å². The molecule has 2 N–H and O–H groups in total. The van der Waals surface area contributed by atoms with Crippen LogP contribution in [-0.4, -0.2) is 39.5 Å². The Hall–Kier alpha value is -0.660. The van der Waals surface area contributed by atoms with Crippen molar-refractivity contribution in [2.45, 2.75) is 38.3 Å². The van der Waals surface area contributed by atoms with E-state index >= 15 is 0 Å². The number of hydrogen-bond acceptors (Lipinski definition) is 3. The third kappa shape index (κ3) is 5.85. The monoisotopic (exact) mass is 345 g/mol. The largest absolute Gasteiger partial charge is 0.303 e. The van der Waals surface area contributed by atoms with Crippen LogP contribution in [0.25, 0.3) is 0 Å². The quantitative estimate of drug-likeness (QED) is 0.710. The van der Waals surface area contributed by atoms with Gasteiger partial charge in [0, 0.05) is 24.2 Å². The summed E-state index contributed by atoms with van der Waals surface area (Å²) < 4.78 is 28.9. The highest BCUT2D eigenvalue weighted by atomic mass is 35.5. The minimum absolute atomic E-state index is 0.262. The van der Waals surface area contributed by atoms with Gasteiger partial charge >= 0.3 is 0 Å². The molecular formula is C15H24ClN3O2S. The summed E-state index contributed by atoms with van der Waals surface area (Å²) in [5, 5.41) is 0.640. The fraction of sp³-hybridized carbons (Fsp3) is 0.600. The first-order chi connectivity index (χ1) is 10.5. The molecule has 1 saturated heterocycles. The summed E-state index contributed by atoms with van der Waals surface area (Å²) in [4.78, 5) is 2.35. The normalized spacial score (nSPS) is 19.6. The predicted octanol–water partition coefficient (Wildman–Crippen LogP) is 2.14. The first-order valence-corrected chi connectivity index (χ1v) is 9.51. The van der Waals surface area contributed by atoms with Gasteiger partial charge in [-0.25, -0.2) is 4.72 Å². The minimum atomic E-state index is -3.45. The second-order valence-corrected chi connectivity index (χ2v) is 7.78. The van der Waals surface area contributed by atoms with Crippen molar-refractivity contribution in [3.8, 4) is 0 Å². The van der Waals surface area contributed by atoms with Gasteiger partial charge in [-0.1, -0.05) is 23.7 Å². The summed E-state index contributed by atoms with van der Waals surface area (Å²) in [5.41, 5.74) is 0.877. The van der Waals surface area contributed by atoms with Crippen LogP contribution in [0.15, 0.2) is 24.3 Å². The molecule has 1 aromatic rings. The maximum absolute atomic E-state index is 11.9. The summed E-state index contributed by atoms with van der Waals surface area (Å²) in [6, 6.07) is 7.71. The summed E-state index contributed by atoms with van der Waals surface area (Å²) in [7, 11) is -1.31. The molecular weight excluding hydrogens is 322 g/mol. The van der Waals surface area contributed by atoms with Crippen molar-refractivity contribution in [1.82, 2.24) is 14.3 Å². The molecule has 1 heterocycles. The third-order valence-corrected chi connectivity index (χ3v) is 5.42. The smallest absolute Gasteiger partial charge is 0.277 e. The highest BCUT2D eigenvalue weighted by Crippen LogP contribution is 2.18. The van der Waals surface area contributed by atoms with E-state index in [-0.39, 0.29) is 6.54 Å². The van der Waals surface area contributed by atoms with E-state index in [4.69, 9.17) is 11.6 Å². The van der Waals surface area contributed by atoms with Crippen LogP contribution in [0.2, 0.25) is 5.02 Å². The molecule has 0 spiro atoms. The Morgan fingerprint density at radius 1 is 1.27 bits per heavy atom. The molecule has 0 unspecified atom stereocenters. The third-order valence-electron chi connectivity index (χ3n) is 4.06. The van der Waals surface area contributed by atoms with Crippen LogP contribution < -0.4 is 9.44 Å². The molecule has 5 nitrogen and oxygen atoms in total. The van der Waals surface area contributed by atoms with Gasteiger partial charge in [-0.3, -0.25) is 0 Å². The minimum Gasteiger partial charge on any atom is -0.303 e. The van der Waals surface area contributed by atoms with Gasteiger partial charge in [0.25, 0.3) is 10.2 Å². The van der Waals surface area contributed by atoms with Crippen LogP contribution in [0.3, 0.4) is 0 Å². The Labute approximate surface area is 138 Å². The number of nitrogens with zero attached hydrogens (tertiary/aromatic N) is 1. The number of likely N-dealkylation sites (tertiary alicyclic amines) is 1. The Morgan fingerprint density at radius 3 is 2.64 bits per heavy atom. The topological polar surface area (TPSA) is 61.4 Å². The molecule has 1 aliphatic heterocycles. The van der Waals surface area contributed by atoms with Crippen LogP contribution in [0.5, 0.6) is 0 Å². The Bertz CT molecular complexity index is 563. The van der Waals surface area contributed by atoms with E-state index in [2.05, 4.69) is 21.4 Å². The fourth-order valence-corrected chi connectivity index (χ4v) is 3.72. The summed E-state index contributed by atoms with van der Waals surface area (Å²) in [6.07, 6.45) is 4.36. The van der Waals surface area contributed by atoms with Crippen LogP contribution in [0, 0.1) is 0 Å². The van der Waals surface area contributed by atoms with Gasteiger partial charge in [0.05, 0.1) is 0 Å². The van der Waals surface area contributed by atoms with E-state index in [0.717, 1.165) is 24.9 Å². The molecule has 0 aromatic heterocycles. The molecule has 0 amide bonds. The molecule has 22 heavy (non-hydrogen) atoms. The molecule has 1 atom stereocenters. The molecule has 0 saturated carbocycles. The molecule has 0 radical (unpaired) electrons. The Kier molecular flexibility index (Phi) is 6.65. The molecule has 1 fully saturated rings. The SMILES string of the molecule is CN1CCC[C@@H]1CCCNS(=O)(=O)NCc1ccc(Cl)cc1. The van der Waals surface area contributed by atoms with Gasteiger partial charge < -0.3 is 4.90 Å². The summed E-state index contributed by atoms with van der Waals surface area (Å²) in [6.45, 7) is 1.89. The van der Waals surface area contributed by atoms with Crippen molar-refractivity contribution < 1.29 is 8.42 Å². The van der Waals surface area contributed by atoms with Crippen molar-refractivity contribution >= 4 is 21.8 Å². The van der Waals surface area contributed by atoms with Gasteiger partial charge in [-0.2, -0.15) is 13.1 Å². The maximum atomic E-state index is 11.9. The zero-order valence-electron chi connectivity index (χ0n) is 12.9. The van der Waals surface area contributed by atoms with E-state index < -0.39 is 10.2 Å². The lowest BCUT2D eigenvalue weighted by atomic mass is 10.1. The molecule has 1 aliphatic rings. The summed E-state index contributed by atoms with van der Waals surface area (Å²) >= 11 is 5.80. The van der Waals surface area contributed by atoms with Crippen molar-refractivity contribution in [3.63, 3.8) is 0 Å². The van der Waals surface area contributed by atoms with Crippen molar-refractivity contribution in [3.05, 3.63) is 34.9 Å². The lowest BCUT2D eigenvalue weighted by Gasteiger charge is -2.19. The first-order valence-electron chi connectivity index (χ1n) is 7.65. The summed E-state index contributed by atoms with van der Waals surface area (Å²) in [5.74, 6) is 0. The van der Waals surface area contributed by atoms with E-state index in [0.29, 0.717) is 17.6 Å². The number of nitrogens with one attached hydrogen (secondary N) is 2. The molecule has 1 aromatic carbocycles. The lowest BCUT2D eigenvalue weighted by Crippen LogP contribution is -2.37. The number of halogens is 1. The zero-order chi connectivity index (χ0) is 16.0. The van der Waals surface area contributed by atoms with E-state index in [1.165, 1.54) is 12.8 Å². The van der Waals surface area contributed by atoms with Gasteiger partial charge in [0.15, 0.2) is 0 Å². The van der Waals surface area contributed by atoms with Crippen molar-refractivity contribution in [2.75, 3.05) is 20.1 Å². The molecule has 7 heteroatoms. The number of rotatable bonds is 8. The van der Waals surface area contributed by atoms with Crippen LogP contribution in [-0.2, 0) is 16.8 Å². The highest BCUT2D eigenvalue weighted by Gasteiger charge is 2.20. The Morgan fingerprint density at radius 2 is 2.00 bits per heavy atom. The van der Waals surface area contributed by atoms with E-state index in [9.17, 15) is 8.42 Å². The van der Waals surface area contributed by atoms with Gasteiger partial charge in [-0.05, 0) is 57.0 Å². The molecule has 0 aliphatic carbocycles. The van der Waals surface area contributed by atoms with Crippen LogP contribution in [0.4, 0.5) is 0 Å². The van der Waals surface area contributed by atoms with E-state index in [1.807, 2.05) is 0 Å². The van der Waals surface area contributed by atoms with E-state index in [1.54, 1.807) is 24.3 Å². The first kappa shape index (κ1) is 17.7. The molecule has 0 bridgehead atoms. The van der Waals surface area contributed by atoms with Gasteiger partial charge in [0.2, 0.25) is 0 Å². The van der Waals surface area contributed by atoms with Crippen molar-refractivity contribution in [2.24, 2.45) is 0 Å². The molecule has 2 rings (SSSR count). The highest BCUT2D eigenvalue weighted by molar-refractivity contribution is 7.87. The fourth-order valence-electron chi connectivity index (χ4n) is 2.72. The lowest BCUT2D eigenvalue weighted by molar-refractivity contribution is 0.292. The van der Waals surface area contributed by atoms with Crippen LogP contribution in [0.1, 0.15) is 31.2 Å². The van der Waals surface area contributed by atoms with Crippen LogP contribution >= 0.6 is 11.6 Å². The standard InChI is InChI=1S/C15H24ClN3O2S/c1-19-11-3-5-15(19)4-2-10-17-22(20,21)18-12-13-6-8-14(16)9-7-13/h6-9,15,17-18H,2-5,10-12H2,1H3/t15-/m0/s1. The average Bonchev–Trinajstić information content (AvgIpc) is 2.89. The Balaban J connectivity index is 1.66. The molecule has 124 valence electrons. The maximum Gasteiger partial charge on any atom is 0.277 e. The zero-order valence-corrected chi connectivity index (χ0v) is 14.5. The average molecular weight is 346 g/mol. The van der Waals surface area contributed by atoms with Gasteiger partial charge in [0.1, 0.15) is 0 Å². The second-order valence-electron chi connectivity index (χ2n) is 5.76. The number of hydrogen-bond donors (Lipinski definition) is 2. The van der Waals surface area contributed by atoms with Gasteiger partial charge in [-0.15, -0.1) is 0 Å². The predicted molar refractivity (Wildman–Crippen MR) is 90.1 cm³/mol. The second kappa shape index (κ2) is 8.26. The number of benzene rings is 1.